The molecule has 2 fully saturated rings. The van der Waals surface area contributed by atoms with Gasteiger partial charge in [0.25, 0.3) is 0 Å². The third kappa shape index (κ3) is 2.65. The number of aliphatic hydroxyl groups is 1. The molecule has 2 saturated carbocycles. The second-order valence-electron chi connectivity index (χ2n) is 8.82. The number of carbonyl (C=O) groups excluding carboxylic acids is 2. The SMILES string of the molecule is C=C1CCCC2[C@@]1(C)CC[C@H](C)[C@@]2(C)CC1=C(O)C(=O)C=C(OC)C1=O. The molecule has 1 unspecified atom stereocenters. The molecule has 0 bridgehead atoms. The molecule has 3 aliphatic rings. The maximum atomic E-state index is 12.8. The first-order valence-corrected chi connectivity index (χ1v) is 9.60. The van der Waals surface area contributed by atoms with Crippen LogP contribution in [0.4, 0.5) is 0 Å². The largest absolute Gasteiger partial charge is 0.504 e. The highest BCUT2D eigenvalue weighted by atomic mass is 16.5. The van der Waals surface area contributed by atoms with Crippen molar-refractivity contribution < 1.29 is 19.4 Å². The van der Waals surface area contributed by atoms with Crippen LogP contribution < -0.4 is 0 Å². The number of hydrogen-bond acceptors (Lipinski definition) is 4. The molecule has 0 amide bonds. The monoisotopic (exact) mass is 358 g/mol. The lowest BCUT2D eigenvalue weighted by Crippen LogP contribution is -2.50. The first-order valence-electron chi connectivity index (χ1n) is 9.60. The molecular formula is C22H30O4. The van der Waals surface area contributed by atoms with Crippen LogP contribution >= 0.6 is 0 Å². The maximum Gasteiger partial charge on any atom is 0.227 e. The molecule has 0 radical (unpaired) electrons. The summed E-state index contributed by atoms with van der Waals surface area (Å²) in [5.41, 5.74) is 1.42. The Hall–Kier alpha value is -1.84. The van der Waals surface area contributed by atoms with Gasteiger partial charge in [0, 0.05) is 11.6 Å². The van der Waals surface area contributed by atoms with E-state index in [4.69, 9.17) is 4.74 Å². The first kappa shape index (κ1) is 18.9. The molecule has 3 rings (SSSR count). The number of allylic oxidation sites excluding steroid dienone is 3. The molecule has 1 N–H and O–H groups in total. The Bertz CT molecular complexity index is 728. The zero-order valence-corrected chi connectivity index (χ0v) is 16.4. The van der Waals surface area contributed by atoms with Crippen molar-refractivity contribution in [3.63, 3.8) is 0 Å². The third-order valence-corrected chi connectivity index (χ3v) is 7.62. The Kier molecular flexibility index (Phi) is 4.66. The molecule has 0 saturated heterocycles. The molecular weight excluding hydrogens is 328 g/mol. The third-order valence-electron chi connectivity index (χ3n) is 7.62. The summed E-state index contributed by atoms with van der Waals surface area (Å²) in [7, 11) is 1.38. The topological polar surface area (TPSA) is 63.6 Å². The average molecular weight is 358 g/mol. The predicted molar refractivity (Wildman–Crippen MR) is 100 cm³/mol. The lowest BCUT2D eigenvalue weighted by atomic mass is 9.46. The summed E-state index contributed by atoms with van der Waals surface area (Å²) in [5, 5.41) is 10.4. The molecule has 0 aromatic rings. The summed E-state index contributed by atoms with van der Waals surface area (Å²) < 4.78 is 5.08. The lowest BCUT2D eigenvalue weighted by Gasteiger charge is -2.59. The van der Waals surface area contributed by atoms with Gasteiger partial charge in [0.05, 0.1) is 7.11 Å². The molecule has 0 spiro atoms. The van der Waals surface area contributed by atoms with Crippen LogP contribution in [0.2, 0.25) is 0 Å². The van der Waals surface area contributed by atoms with Crippen molar-refractivity contribution in [2.24, 2.45) is 22.7 Å². The highest BCUT2D eigenvalue weighted by Crippen LogP contribution is 2.63. The van der Waals surface area contributed by atoms with Gasteiger partial charge in [0.2, 0.25) is 11.6 Å². The van der Waals surface area contributed by atoms with Crippen molar-refractivity contribution in [1.82, 2.24) is 0 Å². The molecule has 4 nitrogen and oxygen atoms in total. The zero-order chi connectivity index (χ0) is 19.3. The molecule has 0 aromatic carbocycles. The molecule has 4 heteroatoms. The zero-order valence-electron chi connectivity index (χ0n) is 16.4. The maximum absolute atomic E-state index is 12.8. The molecule has 0 aromatic heterocycles. The summed E-state index contributed by atoms with van der Waals surface area (Å²) in [4.78, 5) is 24.9. The van der Waals surface area contributed by atoms with Crippen LogP contribution in [0, 0.1) is 22.7 Å². The van der Waals surface area contributed by atoms with E-state index in [2.05, 4.69) is 27.4 Å². The minimum Gasteiger partial charge on any atom is -0.504 e. The van der Waals surface area contributed by atoms with Gasteiger partial charge in [-0.05, 0) is 61.2 Å². The highest BCUT2D eigenvalue weighted by Gasteiger charge is 2.54. The van der Waals surface area contributed by atoms with Crippen molar-refractivity contribution >= 4 is 11.6 Å². The van der Waals surface area contributed by atoms with E-state index < -0.39 is 11.5 Å². The molecule has 26 heavy (non-hydrogen) atoms. The molecule has 3 aliphatic carbocycles. The van der Waals surface area contributed by atoms with E-state index in [1.54, 1.807) is 0 Å². The van der Waals surface area contributed by atoms with E-state index in [1.165, 1.54) is 12.7 Å². The van der Waals surface area contributed by atoms with Crippen LogP contribution in [0.1, 0.15) is 59.3 Å². The number of fused-ring (bicyclic) bond motifs is 1. The number of ketones is 2. The van der Waals surface area contributed by atoms with Crippen LogP contribution in [0.15, 0.2) is 35.3 Å². The number of aliphatic hydroxyl groups excluding tert-OH is 1. The molecule has 0 heterocycles. The molecule has 0 aliphatic heterocycles. The number of methoxy groups -OCH3 is 1. The second kappa shape index (κ2) is 6.40. The van der Waals surface area contributed by atoms with Gasteiger partial charge in [0.1, 0.15) is 0 Å². The van der Waals surface area contributed by atoms with Crippen molar-refractivity contribution in [3.8, 4) is 0 Å². The Morgan fingerprint density at radius 1 is 1.31 bits per heavy atom. The van der Waals surface area contributed by atoms with Crippen LogP contribution in [0.5, 0.6) is 0 Å². The summed E-state index contributed by atoms with van der Waals surface area (Å²) in [6.45, 7) is 11.1. The molecule has 4 atom stereocenters. The van der Waals surface area contributed by atoms with Gasteiger partial charge >= 0.3 is 0 Å². The Morgan fingerprint density at radius 3 is 2.65 bits per heavy atom. The van der Waals surface area contributed by atoms with Crippen molar-refractivity contribution in [3.05, 3.63) is 35.3 Å². The van der Waals surface area contributed by atoms with Crippen LogP contribution in [0.3, 0.4) is 0 Å². The fourth-order valence-electron chi connectivity index (χ4n) is 5.62. The number of Topliss-reactive ketones (excluding diaryl/α,β-unsaturated/α-hetero) is 1. The number of rotatable bonds is 3. The van der Waals surface area contributed by atoms with Gasteiger partial charge in [-0.1, -0.05) is 32.9 Å². The number of hydrogen-bond donors (Lipinski definition) is 1. The lowest BCUT2D eigenvalue weighted by molar-refractivity contribution is -0.120. The smallest absolute Gasteiger partial charge is 0.227 e. The fraction of sp³-hybridized carbons (Fsp3) is 0.636. The number of carbonyl (C=O) groups is 2. The van der Waals surface area contributed by atoms with Crippen LogP contribution in [0.25, 0.3) is 0 Å². The van der Waals surface area contributed by atoms with E-state index in [1.807, 2.05) is 0 Å². The van der Waals surface area contributed by atoms with Gasteiger partial charge in [-0.3, -0.25) is 9.59 Å². The minimum atomic E-state index is -0.542. The van der Waals surface area contributed by atoms with Gasteiger partial charge in [0.15, 0.2) is 11.5 Å². The van der Waals surface area contributed by atoms with Crippen LogP contribution in [-0.4, -0.2) is 23.8 Å². The highest BCUT2D eigenvalue weighted by molar-refractivity contribution is 6.20. The summed E-state index contributed by atoms with van der Waals surface area (Å²) >= 11 is 0. The van der Waals surface area contributed by atoms with Crippen LogP contribution in [-0.2, 0) is 14.3 Å². The van der Waals surface area contributed by atoms with Gasteiger partial charge in [-0.15, -0.1) is 0 Å². The standard InChI is InChI=1S/C22H30O4/c1-13-7-6-8-18-21(13,3)10-9-14(2)22(18,4)12-15-19(24)16(23)11-17(26-5)20(15)25/h11,14,18,24H,1,6-10,12H2,2-5H3/t14-,18?,21-,22+/m0/s1. The number of ether oxygens (including phenoxy) is 1. The van der Waals surface area contributed by atoms with Gasteiger partial charge in [-0.2, -0.15) is 0 Å². The predicted octanol–water partition coefficient (Wildman–Crippen LogP) is 4.67. The molecule has 142 valence electrons. The second-order valence-corrected chi connectivity index (χ2v) is 8.82. The Morgan fingerprint density at radius 2 is 2.00 bits per heavy atom. The van der Waals surface area contributed by atoms with Crippen molar-refractivity contribution in [1.29, 1.82) is 0 Å². The Balaban J connectivity index is 2.01. The minimum absolute atomic E-state index is 0.0191. The van der Waals surface area contributed by atoms with E-state index in [-0.39, 0.29) is 27.9 Å². The van der Waals surface area contributed by atoms with E-state index in [0.29, 0.717) is 18.3 Å². The van der Waals surface area contributed by atoms with E-state index >= 15 is 0 Å². The van der Waals surface area contributed by atoms with Crippen molar-refractivity contribution in [2.75, 3.05) is 7.11 Å². The van der Waals surface area contributed by atoms with Gasteiger partial charge < -0.3 is 9.84 Å². The quantitative estimate of drug-likeness (QED) is 0.588. The Labute approximate surface area is 156 Å². The van der Waals surface area contributed by atoms with E-state index in [9.17, 15) is 14.7 Å². The first-order chi connectivity index (χ1) is 12.1. The average Bonchev–Trinajstić information content (AvgIpc) is 2.61. The summed E-state index contributed by atoms with van der Waals surface area (Å²) in [5.74, 6) is -0.511. The normalized spacial score (nSPS) is 38.2. The summed E-state index contributed by atoms with van der Waals surface area (Å²) in [6.07, 6.45) is 6.95. The van der Waals surface area contributed by atoms with E-state index in [0.717, 1.165) is 38.2 Å². The fourth-order valence-corrected chi connectivity index (χ4v) is 5.62. The summed E-state index contributed by atoms with van der Waals surface area (Å²) in [6, 6.07) is 0. The van der Waals surface area contributed by atoms with Crippen molar-refractivity contribution in [2.45, 2.75) is 59.3 Å². The van der Waals surface area contributed by atoms with Gasteiger partial charge in [-0.25, -0.2) is 0 Å².